The predicted molar refractivity (Wildman–Crippen MR) is 64.5 cm³/mol. The second-order valence-corrected chi connectivity index (χ2v) is 4.35. The third-order valence-electron chi connectivity index (χ3n) is 2.97. The quantitative estimate of drug-likeness (QED) is 0.659. The zero-order chi connectivity index (χ0) is 12.1. The van der Waals surface area contributed by atoms with E-state index < -0.39 is 0 Å². The molecule has 1 aliphatic heterocycles. The number of piperazine rings is 1. The van der Waals surface area contributed by atoms with Crippen LogP contribution in [0.1, 0.15) is 18.5 Å². The van der Waals surface area contributed by atoms with Crippen LogP contribution in [-0.2, 0) is 4.79 Å². The van der Waals surface area contributed by atoms with Gasteiger partial charge in [-0.1, -0.05) is 0 Å². The number of nitrogens with zero attached hydrogens (tertiary/aromatic N) is 2. The largest absolute Gasteiger partial charge is 0.348 e. The molecule has 2 heterocycles. The summed E-state index contributed by atoms with van der Waals surface area (Å²) < 4.78 is 0. The van der Waals surface area contributed by atoms with Crippen molar-refractivity contribution in [2.24, 2.45) is 0 Å². The molecule has 0 radical (unpaired) electrons. The minimum absolute atomic E-state index is 0.00386. The van der Waals surface area contributed by atoms with Crippen molar-refractivity contribution in [2.75, 3.05) is 32.7 Å². The van der Waals surface area contributed by atoms with E-state index in [1.54, 1.807) is 12.4 Å². The molecular formula is C11H19N5O. The van der Waals surface area contributed by atoms with E-state index in [2.05, 4.69) is 25.7 Å². The summed E-state index contributed by atoms with van der Waals surface area (Å²) in [6, 6.07) is 0.00386. The van der Waals surface area contributed by atoms with E-state index in [0.717, 1.165) is 31.7 Å². The molecule has 17 heavy (non-hydrogen) atoms. The maximum atomic E-state index is 11.8. The van der Waals surface area contributed by atoms with Crippen molar-refractivity contribution in [1.29, 1.82) is 0 Å². The van der Waals surface area contributed by atoms with Gasteiger partial charge in [-0.3, -0.25) is 14.8 Å². The number of hydrogen-bond donors (Lipinski definition) is 3. The molecule has 1 unspecified atom stereocenters. The van der Waals surface area contributed by atoms with E-state index in [1.165, 1.54) is 0 Å². The SMILES string of the molecule is CC(NC(=O)CN1CCNCC1)c1cn[nH]c1. The van der Waals surface area contributed by atoms with Crippen LogP contribution in [-0.4, -0.2) is 53.7 Å². The molecule has 0 aliphatic carbocycles. The normalized spacial score (nSPS) is 18.9. The number of rotatable bonds is 4. The highest BCUT2D eigenvalue weighted by atomic mass is 16.2. The summed E-state index contributed by atoms with van der Waals surface area (Å²) in [6.07, 6.45) is 3.53. The van der Waals surface area contributed by atoms with Gasteiger partial charge in [0.2, 0.25) is 5.91 Å². The van der Waals surface area contributed by atoms with Gasteiger partial charge in [0.15, 0.2) is 0 Å². The lowest BCUT2D eigenvalue weighted by molar-refractivity contribution is -0.123. The average Bonchev–Trinajstić information content (AvgIpc) is 2.83. The zero-order valence-electron chi connectivity index (χ0n) is 10.1. The van der Waals surface area contributed by atoms with Gasteiger partial charge in [-0.05, 0) is 6.92 Å². The van der Waals surface area contributed by atoms with E-state index in [1.807, 2.05) is 6.92 Å². The number of H-pyrrole nitrogens is 1. The molecule has 1 aromatic rings. The first-order valence-corrected chi connectivity index (χ1v) is 5.97. The number of aromatic amines is 1. The molecule has 0 spiro atoms. The monoisotopic (exact) mass is 237 g/mol. The van der Waals surface area contributed by atoms with E-state index >= 15 is 0 Å². The summed E-state index contributed by atoms with van der Waals surface area (Å²) in [5, 5.41) is 12.9. The van der Waals surface area contributed by atoms with Crippen LogP contribution in [0.4, 0.5) is 0 Å². The van der Waals surface area contributed by atoms with Crippen molar-refractivity contribution in [3.63, 3.8) is 0 Å². The summed E-state index contributed by atoms with van der Waals surface area (Å²) in [4.78, 5) is 14.0. The van der Waals surface area contributed by atoms with Gasteiger partial charge in [0.1, 0.15) is 0 Å². The summed E-state index contributed by atoms with van der Waals surface area (Å²) in [5.74, 6) is 0.0700. The molecular weight excluding hydrogens is 218 g/mol. The molecule has 6 nitrogen and oxygen atoms in total. The number of aromatic nitrogens is 2. The van der Waals surface area contributed by atoms with Crippen LogP contribution in [0.15, 0.2) is 12.4 Å². The Morgan fingerprint density at radius 3 is 3.00 bits per heavy atom. The van der Waals surface area contributed by atoms with Crippen molar-refractivity contribution in [1.82, 2.24) is 25.7 Å². The molecule has 0 bridgehead atoms. The molecule has 1 atom stereocenters. The summed E-state index contributed by atoms with van der Waals surface area (Å²) >= 11 is 0. The Balaban J connectivity index is 1.76. The second-order valence-electron chi connectivity index (χ2n) is 4.35. The van der Waals surface area contributed by atoms with Crippen LogP contribution in [0.2, 0.25) is 0 Å². The summed E-state index contributed by atoms with van der Waals surface area (Å²) in [6.45, 7) is 6.24. The van der Waals surface area contributed by atoms with Gasteiger partial charge in [0, 0.05) is 37.9 Å². The minimum Gasteiger partial charge on any atom is -0.348 e. The molecule has 1 aliphatic rings. The average molecular weight is 237 g/mol. The molecule has 1 saturated heterocycles. The number of amides is 1. The fourth-order valence-electron chi connectivity index (χ4n) is 1.94. The zero-order valence-corrected chi connectivity index (χ0v) is 10.1. The van der Waals surface area contributed by atoms with Crippen molar-refractivity contribution in [2.45, 2.75) is 13.0 Å². The highest BCUT2D eigenvalue weighted by Crippen LogP contribution is 2.08. The van der Waals surface area contributed by atoms with Crippen molar-refractivity contribution < 1.29 is 4.79 Å². The number of carbonyl (C=O) groups excluding carboxylic acids is 1. The lowest BCUT2D eigenvalue weighted by atomic mass is 10.2. The van der Waals surface area contributed by atoms with Gasteiger partial charge < -0.3 is 10.6 Å². The number of nitrogens with one attached hydrogen (secondary N) is 3. The maximum absolute atomic E-state index is 11.8. The Labute approximate surface area is 101 Å². The second kappa shape index (κ2) is 5.79. The minimum atomic E-state index is 0.00386. The molecule has 1 fully saturated rings. The topological polar surface area (TPSA) is 73.1 Å². The van der Waals surface area contributed by atoms with Crippen molar-refractivity contribution >= 4 is 5.91 Å². The van der Waals surface area contributed by atoms with Gasteiger partial charge in [-0.25, -0.2) is 0 Å². The fraction of sp³-hybridized carbons (Fsp3) is 0.636. The first-order chi connectivity index (χ1) is 8.25. The van der Waals surface area contributed by atoms with Crippen LogP contribution in [0.25, 0.3) is 0 Å². The third kappa shape index (κ3) is 3.54. The van der Waals surface area contributed by atoms with Gasteiger partial charge in [0.05, 0.1) is 18.8 Å². The van der Waals surface area contributed by atoms with Crippen LogP contribution in [0.3, 0.4) is 0 Å². The highest BCUT2D eigenvalue weighted by molar-refractivity contribution is 5.78. The smallest absolute Gasteiger partial charge is 0.234 e. The third-order valence-corrected chi connectivity index (χ3v) is 2.97. The number of hydrogen-bond acceptors (Lipinski definition) is 4. The first-order valence-electron chi connectivity index (χ1n) is 5.97. The van der Waals surface area contributed by atoms with E-state index in [9.17, 15) is 4.79 Å². The van der Waals surface area contributed by atoms with Crippen molar-refractivity contribution in [3.05, 3.63) is 18.0 Å². The van der Waals surface area contributed by atoms with Gasteiger partial charge >= 0.3 is 0 Å². The Morgan fingerprint density at radius 2 is 2.35 bits per heavy atom. The van der Waals surface area contributed by atoms with Crippen LogP contribution in [0.5, 0.6) is 0 Å². The molecule has 0 aromatic carbocycles. The van der Waals surface area contributed by atoms with E-state index in [4.69, 9.17) is 0 Å². The number of carbonyl (C=O) groups is 1. The Hall–Kier alpha value is -1.40. The Kier molecular flexibility index (Phi) is 4.11. The fourth-order valence-corrected chi connectivity index (χ4v) is 1.94. The Morgan fingerprint density at radius 1 is 1.59 bits per heavy atom. The van der Waals surface area contributed by atoms with Gasteiger partial charge in [-0.15, -0.1) is 0 Å². The molecule has 0 saturated carbocycles. The van der Waals surface area contributed by atoms with E-state index in [-0.39, 0.29) is 11.9 Å². The first kappa shape index (κ1) is 12.1. The molecule has 94 valence electrons. The molecule has 1 amide bonds. The lowest BCUT2D eigenvalue weighted by Crippen LogP contribution is -2.47. The van der Waals surface area contributed by atoms with Crippen LogP contribution >= 0.6 is 0 Å². The summed E-state index contributed by atoms with van der Waals surface area (Å²) in [5.41, 5.74) is 0.999. The maximum Gasteiger partial charge on any atom is 0.234 e. The van der Waals surface area contributed by atoms with Crippen molar-refractivity contribution in [3.8, 4) is 0 Å². The van der Waals surface area contributed by atoms with Crippen LogP contribution in [0, 0.1) is 0 Å². The standard InChI is InChI=1S/C11H19N5O/c1-9(10-6-13-14-7-10)15-11(17)8-16-4-2-12-3-5-16/h6-7,9,12H,2-5,8H2,1H3,(H,13,14)(H,15,17). The van der Waals surface area contributed by atoms with Gasteiger partial charge in [-0.2, -0.15) is 5.10 Å². The highest BCUT2D eigenvalue weighted by Gasteiger charge is 2.15. The molecule has 2 rings (SSSR count). The Bertz CT molecular complexity index is 345. The lowest BCUT2D eigenvalue weighted by Gasteiger charge is -2.27. The molecule has 3 N–H and O–H groups in total. The molecule has 6 heteroatoms. The van der Waals surface area contributed by atoms with E-state index in [0.29, 0.717) is 6.54 Å². The van der Waals surface area contributed by atoms with Gasteiger partial charge in [0.25, 0.3) is 0 Å². The summed E-state index contributed by atoms with van der Waals surface area (Å²) in [7, 11) is 0. The van der Waals surface area contributed by atoms with Crippen LogP contribution < -0.4 is 10.6 Å². The predicted octanol–water partition coefficient (Wildman–Crippen LogP) is -0.508. The molecule has 1 aromatic heterocycles.